The van der Waals surface area contributed by atoms with Gasteiger partial charge < -0.3 is 4.57 Å². The highest BCUT2D eigenvalue weighted by atomic mass is 32.2. The summed E-state index contributed by atoms with van der Waals surface area (Å²) in [5, 5.41) is 8.49. The van der Waals surface area contributed by atoms with E-state index in [1.54, 1.807) is 6.33 Å². The average molecular weight is 213 g/mol. The second-order valence-corrected chi connectivity index (χ2v) is 4.84. The Morgan fingerprint density at radius 3 is 3.14 bits per heavy atom. The Balaban J connectivity index is 2.16. The van der Waals surface area contributed by atoms with Gasteiger partial charge in [-0.25, -0.2) is 5.43 Å². The summed E-state index contributed by atoms with van der Waals surface area (Å²) in [6.07, 6.45) is 4.18. The molecule has 2 unspecified atom stereocenters. The second-order valence-electron chi connectivity index (χ2n) is 3.50. The molecule has 1 aliphatic heterocycles. The van der Waals surface area contributed by atoms with Gasteiger partial charge in [-0.3, -0.25) is 5.84 Å². The molecule has 1 aliphatic rings. The van der Waals surface area contributed by atoms with E-state index in [1.807, 2.05) is 23.4 Å². The highest BCUT2D eigenvalue weighted by Crippen LogP contribution is 2.34. The molecule has 1 saturated heterocycles. The normalized spacial score (nSPS) is 24.0. The third-order valence-corrected chi connectivity index (χ3v) is 4.00. The number of rotatable bonds is 3. The van der Waals surface area contributed by atoms with E-state index in [-0.39, 0.29) is 6.04 Å². The average Bonchev–Trinajstić information content (AvgIpc) is 2.80. The van der Waals surface area contributed by atoms with E-state index in [9.17, 15) is 0 Å². The summed E-state index contributed by atoms with van der Waals surface area (Å²) in [6.45, 7) is 0. The fourth-order valence-electron chi connectivity index (χ4n) is 1.79. The van der Waals surface area contributed by atoms with Crippen molar-refractivity contribution in [1.82, 2.24) is 20.2 Å². The van der Waals surface area contributed by atoms with Gasteiger partial charge in [0.05, 0.1) is 6.04 Å². The van der Waals surface area contributed by atoms with Crippen molar-refractivity contribution in [2.24, 2.45) is 12.9 Å². The lowest BCUT2D eigenvalue weighted by Crippen LogP contribution is -2.36. The minimum absolute atomic E-state index is 0.120. The third-order valence-electron chi connectivity index (χ3n) is 2.54. The predicted octanol–water partition coefficient (Wildman–Crippen LogP) is 0.215. The Labute approximate surface area is 87.4 Å². The van der Waals surface area contributed by atoms with Crippen LogP contribution in [0, 0.1) is 0 Å². The summed E-state index contributed by atoms with van der Waals surface area (Å²) >= 11 is 1.96. The molecule has 2 heterocycles. The van der Waals surface area contributed by atoms with Crippen molar-refractivity contribution in [2.45, 2.75) is 24.1 Å². The first-order valence-corrected chi connectivity index (χ1v) is 5.79. The Hall–Kier alpha value is -0.590. The maximum absolute atomic E-state index is 5.57. The van der Waals surface area contributed by atoms with Crippen LogP contribution >= 0.6 is 11.8 Å². The first kappa shape index (κ1) is 9.95. The molecular formula is C8H15N5S. The van der Waals surface area contributed by atoms with E-state index in [0.717, 1.165) is 5.82 Å². The number of aryl methyl sites for hydroxylation is 1. The molecule has 1 fully saturated rings. The van der Waals surface area contributed by atoms with Crippen molar-refractivity contribution in [2.75, 3.05) is 5.75 Å². The first-order chi connectivity index (χ1) is 6.83. The molecule has 0 saturated carbocycles. The molecule has 1 aromatic rings. The van der Waals surface area contributed by atoms with Crippen molar-refractivity contribution >= 4 is 11.8 Å². The van der Waals surface area contributed by atoms with E-state index < -0.39 is 0 Å². The molecule has 2 rings (SSSR count). The van der Waals surface area contributed by atoms with Crippen LogP contribution in [0.25, 0.3) is 0 Å². The molecule has 6 heteroatoms. The molecule has 0 amide bonds. The van der Waals surface area contributed by atoms with Gasteiger partial charge in [0.25, 0.3) is 0 Å². The quantitative estimate of drug-likeness (QED) is 0.555. The molecule has 0 bridgehead atoms. The zero-order valence-electron chi connectivity index (χ0n) is 8.18. The maximum atomic E-state index is 5.57. The zero-order valence-corrected chi connectivity index (χ0v) is 9.00. The monoisotopic (exact) mass is 213 g/mol. The van der Waals surface area contributed by atoms with Gasteiger partial charge in [0.15, 0.2) is 5.82 Å². The van der Waals surface area contributed by atoms with Gasteiger partial charge in [-0.1, -0.05) is 0 Å². The van der Waals surface area contributed by atoms with Crippen molar-refractivity contribution in [1.29, 1.82) is 0 Å². The van der Waals surface area contributed by atoms with Gasteiger partial charge in [0.2, 0.25) is 0 Å². The smallest absolute Gasteiger partial charge is 0.152 e. The number of hydrogen-bond donors (Lipinski definition) is 2. The van der Waals surface area contributed by atoms with Crippen LogP contribution in [0.2, 0.25) is 0 Å². The SMILES string of the molecule is Cn1cnnc1C(NN)C1CCCS1. The molecular weight excluding hydrogens is 198 g/mol. The van der Waals surface area contributed by atoms with Crippen LogP contribution in [-0.4, -0.2) is 25.8 Å². The predicted molar refractivity (Wildman–Crippen MR) is 56.5 cm³/mol. The number of aromatic nitrogens is 3. The number of thioether (sulfide) groups is 1. The Morgan fingerprint density at radius 2 is 2.64 bits per heavy atom. The number of nitrogens with two attached hydrogens (primary N) is 1. The van der Waals surface area contributed by atoms with E-state index in [1.165, 1.54) is 18.6 Å². The lowest BCUT2D eigenvalue weighted by Gasteiger charge is -2.20. The summed E-state index contributed by atoms with van der Waals surface area (Å²) in [5.74, 6) is 7.71. The Morgan fingerprint density at radius 1 is 1.79 bits per heavy atom. The molecule has 5 nitrogen and oxygen atoms in total. The van der Waals surface area contributed by atoms with E-state index in [4.69, 9.17) is 5.84 Å². The van der Waals surface area contributed by atoms with Crippen molar-refractivity contribution in [3.8, 4) is 0 Å². The maximum Gasteiger partial charge on any atom is 0.152 e. The van der Waals surface area contributed by atoms with Crippen molar-refractivity contribution in [3.05, 3.63) is 12.2 Å². The van der Waals surface area contributed by atoms with Crippen LogP contribution in [0.15, 0.2) is 6.33 Å². The molecule has 14 heavy (non-hydrogen) atoms. The van der Waals surface area contributed by atoms with E-state index in [0.29, 0.717) is 5.25 Å². The van der Waals surface area contributed by atoms with Crippen LogP contribution in [0.1, 0.15) is 24.7 Å². The van der Waals surface area contributed by atoms with Gasteiger partial charge in [-0.05, 0) is 18.6 Å². The summed E-state index contributed by atoms with van der Waals surface area (Å²) in [5.41, 5.74) is 2.84. The molecule has 0 aromatic carbocycles. The van der Waals surface area contributed by atoms with E-state index in [2.05, 4.69) is 15.6 Å². The minimum Gasteiger partial charge on any atom is -0.319 e. The number of hydrogen-bond acceptors (Lipinski definition) is 5. The zero-order chi connectivity index (χ0) is 9.97. The fraction of sp³-hybridized carbons (Fsp3) is 0.750. The molecule has 1 aromatic heterocycles. The summed E-state index contributed by atoms with van der Waals surface area (Å²) < 4.78 is 1.92. The molecule has 0 aliphatic carbocycles. The fourth-order valence-corrected chi connectivity index (χ4v) is 3.15. The van der Waals surface area contributed by atoms with Gasteiger partial charge in [-0.15, -0.1) is 10.2 Å². The largest absolute Gasteiger partial charge is 0.319 e. The molecule has 2 atom stereocenters. The van der Waals surface area contributed by atoms with Crippen molar-refractivity contribution < 1.29 is 0 Å². The third kappa shape index (κ3) is 1.77. The van der Waals surface area contributed by atoms with Crippen LogP contribution in [0.4, 0.5) is 0 Å². The van der Waals surface area contributed by atoms with Gasteiger partial charge in [0.1, 0.15) is 6.33 Å². The lowest BCUT2D eigenvalue weighted by molar-refractivity contribution is 0.481. The van der Waals surface area contributed by atoms with Crippen LogP contribution < -0.4 is 11.3 Å². The van der Waals surface area contributed by atoms with Crippen LogP contribution in [0.3, 0.4) is 0 Å². The minimum atomic E-state index is 0.120. The number of hydrazine groups is 1. The summed E-state index contributed by atoms with van der Waals surface area (Å²) in [7, 11) is 1.94. The second kappa shape index (κ2) is 4.29. The highest BCUT2D eigenvalue weighted by Gasteiger charge is 2.28. The van der Waals surface area contributed by atoms with Crippen LogP contribution in [0.5, 0.6) is 0 Å². The van der Waals surface area contributed by atoms with Gasteiger partial charge in [-0.2, -0.15) is 11.8 Å². The highest BCUT2D eigenvalue weighted by molar-refractivity contribution is 8.00. The van der Waals surface area contributed by atoms with Gasteiger partial charge >= 0.3 is 0 Å². The molecule has 0 radical (unpaired) electrons. The van der Waals surface area contributed by atoms with Gasteiger partial charge in [0, 0.05) is 12.3 Å². The molecule has 3 N–H and O–H groups in total. The summed E-state index contributed by atoms with van der Waals surface area (Å²) in [6, 6.07) is 0.120. The number of nitrogens with zero attached hydrogens (tertiary/aromatic N) is 3. The van der Waals surface area contributed by atoms with E-state index >= 15 is 0 Å². The Bertz CT molecular complexity index is 294. The number of nitrogens with one attached hydrogen (secondary N) is 1. The Kier molecular flexibility index (Phi) is 3.05. The lowest BCUT2D eigenvalue weighted by atomic mass is 10.1. The molecule has 0 spiro atoms. The van der Waals surface area contributed by atoms with Crippen molar-refractivity contribution in [3.63, 3.8) is 0 Å². The van der Waals surface area contributed by atoms with Crippen LogP contribution in [-0.2, 0) is 7.05 Å². The topological polar surface area (TPSA) is 68.8 Å². The standard InChI is InChI=1S/C8H15N5S/c1-13-5-10-12-8(13)7(11-9)6-3-2-4-14-6/h5-7,11H,2-4,9H2,1H3. The molecule has 78 valence electrons. The summed E-state index contributed by atoms with van der Waals surface area (Å²) in [4.78, 5) is 0. The first-order valence-electron chi connectivity index (χ1n) is 4.74.